The number of fused-ring (bicyclic) bond motifs is 5. The highest BCUT2D eigenvalue weighted by Crippen LogP contribution is 2.68. The van der Waals surface area contributed by atoms with Crippen molar-refractivity contribution >= 4 is 11.8 Å². The van der Waals surface area contributed by atoms with Gasteiger partial charge >= 0.3 is 0 Å². The third kappa shape index (κ3) is 7.25. The van der Waals surface area contributed by atoms with Crippen molar-refractivity contribution < 1.29 is 45.3 Å². The van der Waals surface area contributed by atoms with Crippen LogP contribution in [0, 0.1) is 46.3 Å². The van der Waals surface area contributed by atoms with Crippen LogP contribution in [0.3, 0.4) is 0 Å². The quantitative estimate of drug-likeness (QED) is 0.135. The van der Waals surface area contributed by atoms with Crippen LogP contribution in [0.4, 0.5) is 0 Å². The fraction of sp³-hybridized carbons (Fsp3) is 0.941. The Labute approximate surface area is 268 Å². The van der Waals surface area contributed by atoms with Crippen LogP contribution in [0.5, 0.6) is 0 Å². The summed E-state index contributed by atoms with van der Waals surface area (Å²) >= 11 is 0. The molecule has 0 spiro atoms. The molecule has 11 heteroatoms. The maximum atomic E-state index is 13.0. The number of aliphatic hydroxyl groups excluding tert-OH is 7. The van der Waals surface area contributed by atoms with E-state index in [2.05, 4.69) is 26.1 Å². The molecule has 8 N–H and O–H groups in total. The first-order valence-corrected chi connectivity index (χ1v) is 17.4. The summed E-state index contributed by atoms with van der Waals surface area (Å²) in [5.41, 5.74) is 0.0663. The van der Waals surface area contributed by atoms with E-state index in [0.29, 0.717) is 54.9 Å². The first-order chi connectivity index (χ1) is 21.2. The van der Waals surface area contributed by atoms with E-state index in [1.54, 1.807) is 11.9 Å². The molecule has 2 amide bonds. The third-order valence-electron chi connectivity index (χ3n) is 13.2. The van der Waals surface area contributed by atoms with Gasteiger partial charge in [-0.2, -0.15) is 0 Å². The Morgan fingerprint density at radius 1 is 0.956 bits per heavy atom. The van der Waals surface area contributed by atoms with Crippen LogP contribution in [0.1, 0.15) is 91.4 Å². The molecule has 4 fully saturated rings. The Morgan fingerprint density at radius 3 is 2.36 bits per heavy atom. The standard InChI is InChI=1S/C34H60N2O9/c1-19(6-11-28(41)36(4)15-5-14-35-32(45)31(44)30(43)29(42)26(39)18-37)23-9-10-24-22-8-7-20-16-21(38)12-13-33(20,2)25(22)17-27(40)34(23,24)3/h19-27,29-31,37-40,42-44H,5-18H2,1-4H3,(H,35,45)/t19-,20-,21-,22+,23-,24+,25+,26-,27+,29-,30+,31-,33+,34-/m1/s1. The van der Waals surface area contributed by atoms with Crippen LogP contribution in [0.15, 0.2) is 0 Å². The minimum atomic E-state index is -1.98. The Bertz CT molecular complexity index is 1020. The number of nitrogens with one attached hydrogen (secondary N) is 1. The zero-order valence-electron chi connectivity index (χ0n) is 27.7. The highest BCUT2D eigenvalue weighted by atomic mass is 16.4. The molecule has 0 aromatic heterocycles. The topological polar surface area (TPSA) is 191 Å². The fourth-order valence-corrected chi connectivity index (χ4v) is 10.3. The minimum Gasteiger partial charge on any atom is -0.394 e. The van der Waals surface area contributed by atoms with Crippen molar-refractivity contribution in [1.82, 2.24) is 10.2 Å². The molecule has 4 saturated carbocycles. The number of aliphatic hydroxyl groups is 7. The molecule has 4 aliphatic rings. The van der Waals surface area contributed by atoms with Gasteiger partial charge in [-0.25, -0.2) is 0 Å². The van der Waals surface area contributed by atoms with Crippen LogP contribution in [0.2, 0.25) is 0 Å². The summed E-state index contributed by atoms with van der Waals surface area (Å²) in [6, 6.07) is 0. The second-order valence-corrected chi connectivity index (χ2v) is 15.5. The third-order valence-corrected chi connectivity index (χ3v) is 13.2. The SMILES string of the molecule is C[C@H](CCC(=O)N(C)CCCNC(=O)[C@H](O)[C@@H](O)[C@H](O)[C@H](O)CO)[C@H]1CC[C@H]2[C@@H]3CC[C@@H]4C[C@H](O)CC[C@]4(C)[C@H]3C[C@H](O)[C@]12C. The van der Waals surface area contributed by atoms with Gasteiger partial charge in [0.25, 0.3) is 5.91 Å². The average molecular weight is 641 g/mol. The summed E-state index contributed by atoms with van der Waals surface area (Å²) in [4.78, 5) is 26.7. The lowest BCUT2D eigenvalue weighted by atomic mass is 9.43. The van der Waals surface area contributed by atoms with E-state index in [9.17, 15) is 40.2 Å². The fourth-order valence-electron chi connectivity index (χ4n) is 10.3. The van der Waals surface area contributed by atoms with Gasteiger partial charge in [0.1, 0.15) is 18.3 Å². The van der Waals surface area contributed by atoms with E-state index >= 15 is 0 Å². The van der Waals surface area contributed by atoms with Crippen molar-refractivity contribution in [3.05, 3.63) is 0 Å². The molecule has 45 heavy (non-hydrogen) atoms. The molecule has 260 valence electrons. The van der Waals surface area contributed by atoms with Gasteiger partial charge in [0.05, 0.1) is 18.8 Å². The summed E-state index contributed by atoms with van der Waals surface area (Å²) in [6.45, 7) is 6.68. The lowest BCUT2D eigenvalue weighted by Crippen LogP contribution is -2.58. The van der Waals surface area contributed by atoms with Crippen molar-refractivity contribution in [2.24, 2.45) is 46.3 Å². The molecule has 0 aromatic rings. The van der Waals surface area contributed by atoms with Crippen molar-refractivity contribution in [2.45, 2.75) is 128 Å². The highest BCUT2D eigenvalue weighted by molar-refractivity contribution is 5.81. The predicted molar refractivity (Wildman–Crippen MR) is 167 cm³/mol. The van der Waals surface area contributed by atoms with E-state index in [0.717, 1.165) is 44.9 Å². The van der Waals surface area contributed by atoms with Crippen LogP contribution in [-0.2, 0) is 9.59 Å². The van der Waals surface area contributed by atoms with Gasteiger partial charge in [-0.1, -0.05) is 20.8 Å². The van der Waals surface area contributed by atoms with Crippen molar-refractivity contribution in [3.8, 4) is 0 Å². The van der Waals surface area contributed by atoms with Crippen LogP contribution >= 0.6 is 0 Å². The molecule has 14 atom stereocenters. The lowest BCUT2D eigenvalue weighted by molar-refractivity contribution is -0.175. The van der Waals surface area contributed by atoms with Crippen molar-refractivity contribution in [1.29, 1.82) is 0 Å². The largest absolute Gasteiger partial charge is 0.394 e. The van der Waals surface area contributed by atoms with E-state index in [1.165, 1.54) is 12.8 Å². The van der Waals surface area contributed by atoms with E-state index < -0.39 is 36.9 Å². The number of hydrogen-bond acceptors (Lipinski definition) is 9. The van der Waals surface area contributed by atoms with Crippen molar-refractivity contribution in [2.75, 3.05) is 26.7 Å². The molecule has 11 nitrogen and oxygen atoms in total. The molecular weight excluding hydrogens is 580 g/mol. The molecule has 0 bridgehead atoms. The second kappa shape index (κ2) is 14.8. The maximum Gasteiger partial charge on any atom is 0.251 e. The summed E-state index contributed by atoms with van der Waals surface area (Å²) in [7, 11) is 1.72. The minimum absolute atomic E-state index is 0.0134. The molecule has 0 aromatic carbocycles. The molecular formula is C34H60N2O9. The number of nitrogens with zero attached hydrogens (tertiary/aromatic N) is 1. The smallest absolute Gasteiger partial charge is 0.251 e. The summed E-state index contributed by atoms with van der Waals surface area (Å²) < 4.78 is 0. The number of carbonyl (C=O) groups excluding carboxylic acids is 2. The molecule has 0 heterocycles. The van der Waals surface area contributed by atoms with Gasteiger partial charge in [0.15, 0.2) is 6.10 Å². The van der Waals surface area contributed by atoms with Gasteiger partial charge in [0.2, 0.25) is 5.91 Å². The zero-order chi connectivity index (χ0) is 33.3. The van der Waals surface area contributed by atoms with Crippen LogP contribution in [0.25, 0.3) is 0 Å². The number of hydrogen-bond donors (Lipinski definition) is 8. The van der Waals surface area contributed by atoms with E-state index in [-0.39, 0.29) is 35.5 Å². The highest BCUT2D eigenvalue weighted by Gasteiger charge is 2.63. The monoisotopic (exact) mass is 640 g/mol. The number of rotatable bonds is 13. The predicted octanol–water partition coefficient (Wildman–Crippen LogP) is 0.794. The zero-order valence-corrected chi connectivity index (χ0v) is 27.7. The Kier molecular flexibility index (Phi) is 12.0. The van der Waals surface area contributed by atoms with Gasteiger partial charge < -0.3 is 46.0 Å². The maximum absolute atomic E-state index is 13.0. The summed E-state index contributed by atoms with van der Waals surface area (Å²) in [5.74, 6) is 1.96. The summed E-state index contributed by atoms with van der Waals surface area (Å²) in [5, 5.41) is 72.3. The normalized spacial score (nSPS) is 39.4. The Hall–Kier alpha value is -1.34. The molecule has 0 radical (unpaired) electrons. The molecule has 0 aliphatic heterocycles. The first-order valence-electron chi connectivity index (χ1n) is 17.4. The Morgan fingerprint density at radius 2 is 1.67 bits per heavy atom. The van der Waals surface area contributed by atoms with Gasteiger partial charge in [0, 0.05) is 26.6 Å². The lowest BCUT2D eigenvalue weighted by Gasteiger charge is -2.62. The van der Waals surface area contributed by atoms with Gasteiger partial charge in [-0.3, -0.25) is 9.59 Å². The van der Waals surface area contributed by atoms with E-state index in [1.807, 2.05) is 0 Å². The first kappa shape index (κ1) is 36.5. The second-order valence-electron chi connectivity index (χ2n) is 15.5. The Balaban J connectivity index is 1.23. The average Bonchev–Trinajstić information content (AvgIpc) is 3.39. The molecule has 4 rings (SSSR count). The van der Waals surface area contributed by atoms with Gasteiger partial charge in [-0.05, 0) is 111 Å². The molecule has 0 unspecified atom stereocenters. The van der Waals surface area contributed by atoms with Crippen molar-refractivity contribution in [3.63, 3.8) is 0 Å². The molecule has 0 saturated heterocycles. The van der Waals surface area contributed by atoms with Gasteiger partial charge in [-0.15, -0.1) is 0 Å². The van der Waals surface area contributed by atoms with E-state index in [4.69, 9.17) is 5.11 Å². The molecule has 4 aliphatic carbocycles. The summed E-state index contributed by atoms with van der Waals surface area (Å²) in [6.07, 6.45) is 1.84. The van der Waals surface area contributed by atoms with Crippen LogP contribution in [-0.4, -0.2) is 116 Å². The number of carbonyl (C=O) groups is 2. The number of amides is 2. The van der Waals surface area contributed by atoms with Crippen LogP contribution < -0.4 is 5.32 Å².